The van der Waals surface area contributed by atoms with E-state index in [9.17, 15) is 18.8 Å². The number of imidazole rings is 1. The summed E-state index contributed by atoms with van der Waals surface area (Å²) in [7, 11) is 1.29. The quantitative estimate of drug-likeness (QED) is 0.387. The molecule has 3 aromatic rings. The Hall–Kier alpha value is -4.28. The summed E-state index contributed by atoms with van der Waals surface area (Å²) in [5, 5.41) is 0. The van der Waals surface area contributed by atoms with E-state index in [1.165, 1.54) is 24.1 Å². The molecule has 0 atom stereocenters. The molecule has 0 bridgehead atoms. The first kappa shape index (κ1) is 29.3. The normalized spacial score (nSPS) is 11.2. The van der Waals surface area contributed by atoms with E-state index in [0.717, 1.165) is 11.3 Å². The number of esters is 1. The lowest BCUT2D eigenvalue weighted by atomic mass is 10.2. The van der Waals surface area contributed by atoms with Crippen LogP contribution >= 0.6 is 0 Å². The summed E-state index contributed by atoms with van der Waals surface area (Å²) in [6, 6.07) is 9.23. The fourth-order valence-electron chi connectivity index (χ4n) is 3.93. The van der Waals surface area contributed by atoms with E-state index in [1.54, 1.807) is 58.2 Å². The zero-order valence-corrected chi connectivity index (χ0v) is 22.9. The van der Waals surface area contributed by atoms with Gasteiger partial charge in [0, 0.05) is 30.6 Å². The minimum atomic E-state index is -0.761. The van der Waals surface area contributed by atoms with Crippen molar-refractivity contribution in [1.82, 2.24) is 19.4 Å². The van der Waals surface area contributed by atoms with Gasteiger partial charge in [-0.25, -0.2) is 19.0 Å². The van der Waals surface area contributed by atoms with E-state index in [-0.39, 0.29) is 25.3 Å². The lowest BCUT2D eigenvalue weighted by Gasteiger charge is -2.27. The van der Waals surface area contributed by atoms with Crippen LogP contribution in [0.4, 0.5) is 9.18 Å². The van der Waals surface area contributed by atoms with Crippen LogP contribution in [0.5, 0.6) is 0 Å². The Balaban J connectivity index is 1.99. The predicted octanol–water partition coefficient (Wildman–Crippen LogP) is 3.92. The lowest BCUT2D eigenvalue weighted by Crippen LogP contribution is -2.37. The van der Waals surface area contributed by atoms with Crippen LogP contribution in [-0.4, -0.2) is 50.1 Å². The van der Waals surface area contributed by atoms with Gasteiger partial charge < -0.3 is 19.8 Å². The second-order valence-corrected chi connectivity index (χ2v) is 10.2. The molecule has 3 rings (SSSR count). The maximum atomic E-state index is 13.5. The maximum Gasteiger partial charge on any atom is 0.411 e. The van der Waals surface area contributed by atoms with Crippen molar-refractivity contribution >= 4 is 18.0 Å². The Morgan fingerprint density at radius 1 is 1.10 bits per heavy atom. The Morgan fingerprint density at radius 3 is 2.41 bits per heavy atom. The van der Waals surface area contributed by atoms with E-state index in [1.807, 2.05) is 4.57 Å². The lowest BCUT2D eigenvalue weighted by molar-refractivity contribution is -0.118. The molecule has 0 aliphatic rings. The molecule has 0 aliphatic heterocycles. The third kappa shape index (κ3) is 8.62. The molecular weight excluding hydrogens is 505 g/mol. The van der Waals surface area contributed by atoms with Crippen LogP contribution in [0.15, 0.2) is 42.6 Å². The van der Waals surface area contributed by atoms with E-state index >= 15 is 0 Å². The number of aryl methyl sites for hydroxylation is 2. The summed E-state index contributed by atoms with van der Waals surface area (Å²) in [6.07, 6.45) is 1.50. The van der Waals surface area contributed by atoms with Crippen molar-refractivity contribution in [3.05, 3.63) is 82.4 Å². The van der Waals surface area contributed by atoms with Gasteiger partial charge in [-0.2, -0.15) is 0 Å². The molecule has 2 aromatic heterocycles. The number of halogens is 1. The topological polar surface area (TPSA) is 130 Å². The number of pyridine rings is 1. The van der Waals surface area contributed by atoms with Crippen molar-refractivity contribution in [2.75, 3.05) is 7.11 Å². The van der Waals surface area contributed by atoms with Gasteiger partial charge in [-0.3, -0.25) is 14.7 Å². The van der Waals surface area contributed by atoms with Gasteiger partial charge in [-0.15, -0.1) is 0 Å². The van der Waals surface area contributed by atoms with Crippen LogP contribution in [0.25, 0.3) is 0 Å². The molecule has 10 nitrogen and oxygen atoms in total. The highest BCUT2D eigenvalue weighted by Gasteiger charge is 2.25. The SMILES string of the molecule is COC(=O)c1cc(C)nc(CN(Cc2ncc(CCC(N)=O)n2Cc2ccc(F)cc2)C(=O)OC(C)(C)C)c1. The largest absolute Gasteiger partial charge is 0.465 e. The first-order valence-corrected chi connectivity index (χ1v) is 12.4. The molecule has 0 radical (unpaired) electrons. The Labute approximate surface area is 226 Å². The number of amides is 2. The van der Waals surface area contributed by atoms with Gasteiger partial charge in [-0.1, -0.05) is 12.1 Å². The van der Waals surface area contributed by atoms with E-state index in [4.69, 9.17) is 15.2 Å². The maximum absolute atomic E-state index is 13.5. The molecule has 0 fully saturated rings. The van der Waals surface area contributed by atoms with Gasteiger partial charge in [0.1, 0.15) is 17.2 Å². The van der Waals surface area contributed by atoms with Gasteiger partial charge in [0.05, 0.1) is 31.5 Å². The first-order chi connectivity index (χ1) is 18.3. The Kier molecular flexibility index (Phi) is 9.39. The monoisotopic (exact) mass is 539 g/mol. The van der Waals surface area contributed by atoms with Crippen molar-refractivity contribution in [2.45, 2.75) is 65.8 Å². The highest BCUT2D eigenvalue weighted by molar-refractivity contribution is 5.89. The molecule has 2 N–H and O–H groups in total. The van der Waals surface area contributed by atoms with Crippen molar-refractivity contribution in [3.8, 4) is 0 Å². The molecule has 0 saturated heterocycles. The van der Waals surface area contributed by atoms with E-state index in [2.05, 4.69) is 9.97 Å². The summed E-state index contributed by atoms with van der Waals surface area (Å²) in [4.78, 5) is 47.4. The molecule has 2 amide bonds. The molecule has 0 saturated carbocycles. The highest BCUT2D eigenvalue weighted by Crippen LogP contribution is 2.19. The van der Waals surface area contributed by atoms with Crippen molar-refractivity contribution in [1.29, 1.82) is 0 Å². The third-order valence-electron chi connectivity index (χ3n) is 5.67. The first-order valence-electron chi connectivity index (χ1n) is 12.4. The van der Waals surface area contributed by atoms with Crippen LogP contribution in [-0.2, 0) is 40.3 Å². The molecular formula is C28H34FN5O5. The van der Waals surface area contributed by atoms with Crippen LogP contribution in [0.3, 0.4) is 0 Å². The average molecular weight is 540 g/mol. The number of benzene rings is 1. The molecule has 0 unspecified atom stereocenters. The summed E-state index contributed by atoms with van der Waals surface area (Å²) < 4.78 is 25.9. The number of rotatable bonds is 10. The minimum absolute atomic E-state index is 0.0284. The van der Waals surface area contributed by atoms with Crippen LogP contribution < -0.4 is 5.73 Å². The Morgan fingerprint density at radius 2 is 1.79 bits per heavy atom. The summed E-state index contributed by atoms with van der Waals surface area (Å²) in [5.41, 5.74) is 7.52. The van der Waals surface area contributed by atoms with Crippen molar-refractivity contribution in [2.24, 2.45) is 5.73 Å². The number of hydrogen-bond donors (Lipinski definition) is 1. The van der Waals surface area contributed by atoms with Crippen molar-refractivity contribution in [3.63, 3.8) is 0 Å². The number of ether oxygens (including phenoxy) is 2. The number of aromatic nitrogens is 3. The number of hydrogen-bond acceptors (Lipinski definition) is 7. The van der Waals surface area contributed by atoms with Gasteiger partial charge >= 0.3 is 12.1 Å². The van der Waals surface area contributed by atoms with Gasteiger partial charge in [-0.05, 0) is 63.9 Å². The smallest absolute Gasteiger partial charge is 0.411 e. The summed E-state index contributed by atoms with van der Waals surface area (Å²) in [6.45, 7) is 7.44. The molecule has 11 heteroatoms. The fourth-order valence-corrected chi connectivity index (χ4v) is 3.93. The highest BCUT2D eigenvalue weighted by atomic mass is 19.1. The molecule has 1 aromatic carbocycles. The molecule has 2 heterocycles. The number of nitrogens with zero attached hydrogens (tertiary/aromatic N) is 4. The van der Waals surface area contributed by atoms with Gasteiger partial charge in [0.15, 0.2) is 0 Å². The molecule has 0 aliphatic carbocycles. The third-order valence-corrected chi connectivity index (χ3v) is 5.67. The number of primary amides is 1. The second kappa shape index (κ2) is 12.5. The number of nitrogens with two attached hydrogens (primary N) is 1. The standard InChI is InChI=1S/C28H34FN5O5/c1-18-12-20(26(36)38-5)13-22(32-18)16-33(27(37)39-28(2,3)4)17-25-31-14-23(10-11-24(30)35)34(25)15-19-6-8-21(29)9-7-19/h6-9,12-14H,10-11,15-17H2,1-5H3,(H2,30,35). The number of methoxy groups -OCH3 is 1. The van der Waals surface area contributed by atoms with Gasteiger partial charge in [0.2, 0.25) is 5.91 Å². The average Bonchev–Trinajstić information content (AvgIpc) is 3.22. The molecule has 0 spiro atoms. The van der Waals surface area contributed by atoms with Crippen LogP contribution in [0.1, 0.15) is 66.0 Å². The summed E-state index contributed by atoms with van der Waals surface area (Å²) in [5.74, 6) is -0.801. The molecule has 208 valence electrons. The van der Waals surface area contributed by atoms with Crippen LogP contribution in [0.2, 0.25) is 0 Å². The van der Waals surface area contributed by atoms with E-state index < -0.39 is 23.6 Å². The molecule has 39 heavy (non-hydrogen) atoms. The second-order valence-electron chi connectivity index (χ2n) is 10.2. The minimum Gasteiger partial charge on any atom is -0.465 e. The zero-order chi connectivity index (χ0) is 28.7. The predicted molar refractivity (Wildman–Crippen MR) is 141 cm³/mol. The Bertz CT molecular complexity index is 1330. The van der Waals surface area contributed by atoms with Gasteiger partial charge in [0.25, 0.3) is 0 Å². The summed E-state index contributed by atoms with van der Waals surface area (Å²) >= 11 is 0. The zero-order valence-electron chi connectivity index (χ0n) is 22.9. The van der Waals surface area contributed by atoms with Crippen molar-refractivity contribution < 1.29 is 28.2 Å². The van der Waals surface area contributed by atoms with Crippen LogP contribution in [0, 0.1) is 12.7 Å². The number of carbonyl (C=O) groups is 3. The fraction of sp³-hybridized carbons (Fsp3) is 0.393. The number of carbonyl (C=O) groups excluding carboxylic acids is 3. The van der Waals surface area contributed by atoms with E-state index in [0.29, 0.717) is 35.7 Å².